The summed E-state index contributed by atoms with van der Waals surface area (Å²) in [6, 6.07) is 8.40. The number of carbonyl (C=O) groups excluding carboxylic acids is 1. The fourth-order valence-corrected chi connectivity index (χ4v) is 2.75. The molecule has 0 atom stereocenters. The molecule has 0 unspecified atom stereocenters. The highest BCUT2D eigenvalue weighted by Gasteiger charge is 2.18. The molecule has 1 aromatic carbocycles. The van der Waals surface area contributed by atoms with Crippen molar-refractivity contribution in [3.05, 3.63) is 35.4 Å². The first-order valence-corrected chi connectivity index (χ1v) is 7.85. The summed E-state index contributed by atoms with van der Waals surface area (Å²) in [7, 11) is 0. The smallest absolute Gasteiger partial charge is 0.222 e. The molecule has 0 aliphatic carbocycles. The van der Waals surface area contributed by atoms with Gasteiger partial charge in [-0.15, -0.1) is 0 Å². The number of hydrogen-bond acceptors (Lipinski definition) is 3. The number of amides is 1. The predicted octanol–water partition coefficient (Wildman–Crippen LogP) is 1.45. The lowest BCUT2D eigenvalue weighted by atomic mass is 10.1. The van der Waals surface area contributed by atoms with Gasteiger partial charge >= 0.3 is 0 Å². The number of nitrogens with zero attached hydrogens (tertiary/aromatic N) is 2. The van der Waals surface area contributed by atoms with Gasteiger partial charge in [-0.05, 0) is 31.9 Å². The molecule has 21 heavy (non-hydrogen) atoms. The first-order chi connectivity index (χ1) is 10.2. The summed E-state index contributed by atoms with van der Waals surface area (Å²) in [6.07, 6.45) is 2.40. The molecule has 1 aliphatic rings. The molecule has 0 aromatic heterocycles. The summed E-state index contributed by atoms with van der Waals surface area (Å²) in [6.45, 7) is 6.46. The molecule has 1 fully saturated rings. The van der Waals surface area contributed by atoms with Crippen LogP contribution in [0.5, 0.6) is 0 Å². The summed E-state index contributed by atoms with van der Waals surface area (Å²) in [5.74, 6) is 0.251. The van der Waals surface area contributed by atoms with Crippen LogP contribution in [-0.4, -0.2) is 60.1 Å². The van der Waals surface area contributed by atoms with Gasteiger partial charge in [0.15, 0.2) is 0 Å². The van der Waals surface area contributed by atoms with Gasteiger partial charge in [-0.3, -0.25) is 9.69 Å². The first-order valence-electron chi connectivity index (χ1n) is 7.85. The highest BCUT2D eigenvalue weighted by molar-refractivity contribution is 5.76. The maximum Gasteiger partial charge on any atom is 0.222 e. The molecular weight excluding hydrogens is 264 g/mol. The fraction of sp³-hybridized carbons (Fsp3) is 0.588. The molecule has 0 spiro atoms. The Hall–Kier alpha value is -1.39. The number of β-amino-alcohol motifs (C(OH)–C–C–N with tert-alkyl or cyclic N) is 1. The summed E-state index contributed by atoms with van der Waals surface area (Å²) in [4.78, 5) is 16.5. The zero-order valence-corrected chi connectivity index (χ0v) is 12.9. The molecule has 1 heterocycles. The van der Waals surface area contributed by atoms with Crippen LogP contribution in [0.3, 0.4) is 0 Å². The van der Waals surface area contributed by atoms with Crippen LogP contribution < -0.4 is 0 Å². The Morgan fingerprint density at radius 3 is 2.62 bits per heavy atom. The van der Waals surface area contributed by atoms with Gasteiger partial charge in [0.2, 0.25) is 5.91 Å². The predicted molar refractivity (Wildman–Crippen MR) is 84.2 cm³/mol. The SMILES string of the molecule is Cc1ccc(CCC(=O)N2CCCN(CCO)CC2)cc1. The second-order valence-corrected chi connectivity index (χ2v) is 5.79. The Morgan fingerprint density at radius 1 is 1.14 bits per heavy atom. The minimum atomic E-state index is 0.196. The van der Waals surface area contributed by atoms with E-state index in [1.54, 1.807) is 0 Å². The van der Waals surface area contributed by atoms with Crippen molar-refractivity contribution < 1.29 is 9.90 Å². The Bertz CT molecular complexity index is 445. The maximum absolute atomic E-state index is 12.3. The van der Waals surface area contributed by atoms with Crippen molar-refractivity contribution >= 4 is 5.91 Å². The number of carbonyl (C=O) groups is 1. The monoisotopic (exact) mass is 290 g/mol. The normalized spacial score (nSPS) is 16.8. The quantitative estimate of drug-likeness (QED) is 0.893. The molecule has 1 aliphatic heterocycles. The third-order valence-corrected chi connectivity index (χ3v) is 4.11. The minimum Gasteiger partial charge on any atom is -0.395 e. The van der Waals surface area contributed by atoms with Gasteiger partial charge in [0.1, 0.15) is 0 Å². The number of aryl methyl sites for hydroxylation is 2. The van der Waals surface area contributed by atoms with E-state index >= 15 is 0 Å². The lowest BCUT2D eigenvalue weighted by Crippen LogP contribution is -2.36. The van der Waals surface area contributed by atoms with Crippen molar-refractivity contribution in [2.75, 3.05) is 39.3 Å². The van der Waals surface area contributed by atoms with Crippen LogP contribution in [0.4, 0.5) is 0 Å². The van der Waals surface area contributed by atoms with Crippen LogP contribution in [0.1, 0.15) is 24.0 Å². The number of rotatable bonds is 5. The number of hydrogen-bond donors (Lipinski definition) is 1. The highest BCUT2D eigenvalue weighted by Crippen LogP contribution is 2.09. The van der Waals surface area contributed by atoms with Crippen LogP contribution >= 0.6 is 0 Å². The number of benzene rings is 1. The lowest BCUT2D eigenvalue weighted by Gasteiger charge is -2.21. The Labute approximate surface area is 127 Å². The van der Waals surface area contributed by atoms with Gasteiger partial charge in [0.05, 0.1) is 6.61 Å². The van der Waals surface area contributed by atoms with E-state index in [1.807, 2.05) is 4.90 Å². The second-order valence-electron chi connectivity index (χ2n) is 5.79. The van der Waals surface area contributed by atoms with Crippen LogP contribution in [0.15, 0.2) is 24.3 Å². The zero-order chi connectivity index (χ0) is 15.1. The molecule has 1 aromatic rings. The van der Waals surface area contributed by atoms with Crippen LogP contribution in [0.2, 0.25) is 0 Å². The van der Waals surface area contributed by atoms with Gasteiger partial charge in [0.25, 0.3) is 0 Å². The average molecular weight is 290 g/mol. The van der Waals surface area contributed by atoms with Crippen LogP contribution in [0, 0.1) is 6.92 Å². The largest absolute Gasteiger partial charge is 0.395 e. The van der Waals surface area contributed by atoms with Crippen LogP contribution in [-0.2, 0) is 11.2 Å². The molecule has 0 bridgehead atoms. The molecule has 1 saturated heterocycles. The molecule has 4 heteroatoms. The van der Waals surface area contributed by atoms with E-state index in [2.05, 4.69) is 36.1 Å². The van der Waals surface area contributed by atoms with Crippen molar-refractivity contribution in [3.8, 4) is 0 Å². The van der Waals surface area contributed by atoms with Gasteiger partial charge in [-0.1, -0.05) is 29.8 Å². The Morgan fingerprint density at radius 2 is 1.90 bits per heavy atom. The molecule has 4 nitrogen and oxygen atoms in total. The maximum atomic E-state index is 12.3. The van der Waals surface area contributed by atoms with Gasteiger partial charge in [0, 0.05) is 32.6 Å². The van der Waals surface area contributed by atoms with E-state index in [1.165, 1.54) is 11.1 Å². The topological polar surface area (TPSA) is 43.8 Å². The van der Waals surface area contributed by atoms with Gasteiger partial charge in [-0.2, -0.15) is 0 Å². The average Bonchev–Trinajstić information content (AvgIpc) is 2.72. The summed E-state index contributed by atoms with van der Waals surface area (Å²) < 4.78 is 0. The molecule has 2 rings (SSSR count). The summed E-state index contributed by atoms with van der Waals surface area (Å²) >= 11 is 0. The van der Waals surface area contributed by atoms with E-state index in [0.717, 1.165) is 39.0 Å². The third kappa shape index (κ3) is 5.14. The Kier molecular flexibility index (Phi) is 6.21. The zero-order valence-electron chi connectivity index (χ0n) is 12.9. The van der Waals surface area contributed by atoms with E-state index in [4.69, 9.17) is 5.11 Å². The summed E-state index contributed by atoms with van der Waals surface area (Å²) in [5.41, 5.74) is 2.48. The van der Waals surface area contributed by atoms with E-state index in [9.17, 15) is 4.79 Å². The fourth-order valence-electron chi connectivity index (χ4n) is 2.75. The molecule has 116 valence electrons. The molecular formula is C17H26N2O2. The van der Waals surface area contributed by atoms with Crippen molar-refractivity contribution in [1.82, 2.24) is 9.80 Å². The standard InChI is InChI=1S/C17H26N2O2/c1-15-3-5-16(6-4-15)7-8-17(21)19-10-2-9-18(11-12-19)13-14-20/h3-6,20H,2,7-14H2,1H3. The van der Waals surface area contributed by atoms with E-state index in [-0.39, 0.29) is 12.5 Å². The van der Waals surface area contributed by atoms with Gasteiger partial charge < -0.3 is 10.0 Å². The molecule has 0 saturated carbocycles. The molecule has 1 N–H and O–H groups in total. The van der Waals surface area contributed by atoms with Crippen LogP contribution in [0.25, 0.3) is 0 Å². The molecule has 1 amide bonds. The van der Waals surface area contributed by atoms with Crippen molar-refractivity contribution in [2.45, 2.75) is 26.2 Å². The molecule has 0 radical (unpaired) electrons. The van der Waals surface area contributed by atoms with Crippen molar-refractivity contribution in [3.63, 3.8) is 0 Å². The third-order valence-electron chi connectivity index (χ3n) is 4.11. The lowest BCUT2D eigenvalue weighted by molar-refractivity contribution is -0.131. The van der Waals surface area contributed by atoms with Crippen molar-refractivity contribution in [2.24, 2.45) is 0 Å². The summed E-state index contributed by atoms with van der Waals surface area (Å²) in [5, 5.41) is 8.99. The highest BCUT2D eigenvalue weighted by atomic mass is 16.3. The van der Waals surface area contributed by atoms with E-state index < -0.39 is 0 Å². The van der Waals surface area contributed by atoms with E-state index in [0.29, 0.717) is 13.0 Å². The number of aliphatic hydroxyl groups is 1. The second kappa shape index (κ2) is 8.15. The first kappa shape index (κ1) is 16.0. The van der Waals surface area contributed by atoms with Gasteiger partial charge in [-0.25, -0.2) is 0 Å². The number of aliphatic hydroxyl groups excluding tert-OH is 1. The minimum absolute atomic E-state index is 0.196. The Balaban J connectivity index is 1.79. The van der Waals surface area contributed by atoms with Crippen molar-refractivity contribution in [1.29, 1.82) is 0 Å².